The second kappa shape index (κ2) is 6.81. The van der Waals surface area contributed by atoms with Gasteiger partial charge in [-0.15, -0.1) is 0 Å². The number of nitrogens with zero attached hydrogens (tertiary/aromatic N) is 2. The zero-order valence-corrected chi connectivity index (χ0v) is 13.9. The van der Waals surface area contributed by atoms with E-state index in [0.717, 1.165) is 30.5 Å². The molecule has 22 heavy (non-hydrogen) atoms. The minimum atomic E-state index is -0.112. The molecule has 1 aromatic heterocycles. The van der Waals surface area contributed by atoms with E-state index in [0.29, 0.717) is 31.1 Å². The summed E-state index contributed by atoms with van der Waals surface area (Å²) < 4.78 is 5.57. The number of anilines is 2. The Bertz CT molecular complexity index is 507. The highest BCUT2D eigenvalue weighted by atomic mass is 16.5. The van der Waals surface area contributed by atoms with E-state index < -0.39 is 0 Å². The summed E-state index contributed by atoms with van der Waals surface area (Å²) in [5.74, 6) is 6.13. The molecule has 1 saturated heterocycles. The van der Waals surface area contributed by atoms with Crippen molar-refractivity contribution in [3.8, 4) is 0 Å². The van der Waals surface area contributed by atoms with Gasteiger partial charge in [-0.2, -0.15) is 0 Å². The van der Waals surface area contributed by atoms with Gasteiger partial charge in [-0.05, 0) is 19.3 Å². The summed E-state index contributed by atoms with van der Waals surface area (Å²) in [4.78, 5) is 4.59. The Morgan fingerprint density at radius 1 is 1.27 bits per heavy atom. The van der Waals surface area contributed by atoms with E-state index in [4.69, 9.17) is 22.0 Å². The van der Waals surface area contributed by atoms with Gasteiger partial charge in [0.1, 0.15) is 0 Å². The molecule has 124 valence electrons. The van der Waals surface area contributed by atoms with E-state index in [-0.39, 0.29) is 11.5 Å². The molecule has 0 aromatic carbocycles. The molecule has 2 heterocycles. The lowest BCUT2D eigenvalue weighted by Crippen LogP contribution is -2.44. The largest absolute Gasteiger partial charge is 0.397 e. The molecule has 1 fully saturated rings. The van der Waals surface area contributed by atoms with Crippen LogP contribution in [0.25, 0.3) is 0 Å². The number of ether oxygens (including phenoxy) is 1. The second-order valence-corrected chi connectivity index (χ2v) is 6.06. The quantitative estimate of drug-likeness (QED) is 0.718. The van der Waals surface area contributed by atoms with Gasteiger partial charge in [0.2, 0.25) is 0 Å². The molecule has 1 unspecified atom stereocenters. The summed E-state index contributed by atoms with van der Waals surface area (Å²) in [7, 11) is 0. The van der Waals surface area contributed by atoms with E-state index in [1.54, 1.807) is 11.2 Å². The molecule has 1 atom stereocenters. The zero-order chi connectivity index (χ0) is 16.3. The van der Waals surface area contributed by atoms with Gasteiger partial charge in [0.25, 0.3) is 0 Å². The van der Waals surface area contributed by atoms with E-state index in [1.807, 2.05) is 0 Å². The molecule has 6 heteroatoms. The monoisotopic (exact) mass is 307 g/mol. The van der Waals surface area contributed by atoms with Gasteiger partial charge in [0.15, 0.2) is 0 Å². The first-order valence-corrected chi connectivity index (χ1v) is 8.14. The van der Waals surface area contributed by atoms with Gasteiger partial charge >= 0.3 is 0 Å². The summed E-state index contributed by atoms with van der Waals surface area (Å²) in [6.07, 6.45) is 4.70. The van der Waals surface area contributed by atoms with Crippen molar-refractivity contribution in [2.45, 2.75) is 51.5 Å². The van der Waals surface area contributed by atoms with E-state index in [2.05, 4.69) is 25.8 Å². The highest BCUT2D eigenvalue weighted by Crippen LogP contribution is 2.41. The standard InChI is InChI=1S/C16H29N5O/c1-4-16(5-2,6-3)15-14(18)13(11(17)9-20-15)12-10-22-8-7-21(12)19/h9,12H,4-8,10,17-19H2,1-3H3. The van der Waals surface area contributed by atoms with E-state index >= 15 is 0 Å². The van der Waals surface area contributed by atoms with Crippen LogP contribution in [0.15, 0.2) is 6.20 Å². The number of hydrazine groups is 1. The first kappa shape index (κ1) is 17.0. The Morgan fingerprint density at radius 2 is 1.91 bits per heavy atom. The Kier molecular flexibility index (Phi) is 5.26. The zero-order valence-electron chi connectivity index (χ0n) is 13.9. The van der Waals surface area contributed by atoms with Crippen LogP contribution in [0.2, 0.25) is 0 Å². The molecule has 0 amide bonds. The van der Waals surface area contributed by atoms with Gasteiger partial charge in [-0.25, -0.2) is 5.01 Å². The second-order valence-electron chi connectivity index (χ2n) is 6.06. The number of hydrogen-bond acceptors (Lipinski definition) is 6. The van der Waals surface area contributed by atoms with Crippen molar-refractivity contribution < 1.29 is 4.74 Å². The summed E-state index contributed by atoms with van der Waals surface area (Å²) in [6, 6.07) is -0.112. The van der Waals surface area contributed by atoms with Crippen molar-refractivity contribution in [3.63, 3.8) is 0 Å². The molecule has 0 bridgehead atoms. The lowest BCUT2D eigenvalue weighted by Gasteiger charge is -2.36. The number of hydrogen-bond donors (Lipinski definition) is 3. The molecule has 1 aliphatic rings. The van der Waals surface area contributed by atoms with Gasteiger partial charge in [-0.3, -0.25) is 10.8 Å². The van der Waals surface area contributed by atoms with Gasteiger partial charge in [0, 0.05) is 17.5 Å². The van der Waals surface area contributed by atoms with Crippen molar-refractivity contribution in [3.05, 3.63) is 17.5 Å². The van der Waals surface area contributed by atoms with E-state index in [9.17, 15) is 0 Å². The number of morpholine rings is 1. The molecule has 1 aliphatic heterocycles. The molecule has 0 radical (unpaired) electrons. The fourth-order valence-corrected chi connectivity index (χ4v) is 3.47. The topological polar surface area (TPSA) is 103 Å². The Balaban J connectivity index is 2.54. The van der Waals surface area contributed by atoms with Crippen LogP contribution in [0.5, 0.6) is 0 Å². The average Bonchev–Trinajstić information content (AvgIpc) is 2.53. The van der Waals surface area contributed by atoms with Crippen LogP contribution >= 0.6 is 0 Å². The number of rotatable bonds is 5. The maximum atomic E-state index is 6.51. The predicted octanol–water partition coefficient (Wildman–Crippen LogP) is 1.96. The molecule has 0 spiro atoms. The smallest absolute Gasteiger partial charge is 0.0766 e. The molecule has 6 N–H and O–H groups in total. The van der Waals surface area contributed by atoms with Crippen molar-refractivity contribution in [1.29, 1.82) is 0 Å². The molecule has 6 nitrogen and oxygen atoms in total. The van der Waals surface area contributed by atoms with Crippen LogP contribution < -0.4 is 17.3 Å². The fourth-order valence-electron chi connectivity index (χ4n) is 3.47. The van der Waals surface area contributed by atoms with Crippen molar-refractivity contribution in [1.82, 2.24) is 9.99 Å². The Morgan fingerprint density at radius 3 is 2.45 bits per heavy atom. The lowest BCUT2D eigenvalue weighted by molar-refractivity contribution is -0.00849. The lowest BCUT2D eigenvalue weighted by atomic mass is 9.75. The third-order valence-corrected chi connectivity index (χ3v) is 5.22. The normalized spacial score (nSPS) is 20.3. The number of nitrogens with two attached hydrogens (primary N) is 3. The maximum Gasteiger partial charge on any atom is 0.0766 e. The molecule has 1 aromatic rings. The SMILES string of the molecule is CCC(CC)(CC)c1ncc(N)c(C2COCCN2N)c1N. The summed E-state index contributed by atoms with van der Waals surface area (Å²) in [5.41, 5.74) is 15.7. The van der Waals surface area contributed by atoms with Crippen molar-refractivity contribution in [2.24, 2.45) is 5.84 Å². The fraction of sp³-hybridized carbons (Fsp3) is 0.688. The predicted molar refractivity (Wildman–Crippen MR) is 90.1 cm³/mol. The van der Waals surface area contributed by atoms with Gasteiger partial charge < -0.3 is 16.2 Å². The average molecular weight is 307 g/mol. The Labute approximate surface area is 133 Å². The molecule has 0 saturated carbocycles. The van der Waals surface area contributed by atoms with Crippen molar-refractivity contribution >= 4 is 11.4 Å². The van der Waals surface area contributed by atoms with E-state index in [1.165, 1.54) is 0 Å². The summed E-state index contributed by atoms with van der Waals surface area (Å²) in [6.45, 7) is 8.36. The number of pyridine rings is 1. The minimum absolute atomic E-state index is 0.0124. The van der Waals surface area contributed by atoms with Gasteiger partial charge in [0.05, 0.1) is 42.5 Å². The van der Waals surface area contributed by atoms with Crippen LogP contribution in [-0.2, 0) is 10.2 Å². The first-order chi connectivity index (χ1) is 10.5. The van der Waals surface area contributed by atoms with Crippen molar-refractivity contribution in [2.75, 3.05) is 31.2 Å². The third kappa shape index (κ3) is 2.78. The highest BCUT2D eigenvalue weighted by Gasteiger charge is 2.34. The minimum Gasteiger partial charge on any atom is -0.397 e. The molecule has 2 rings (SSSR count). The molecular weight excluding hydrogens is 278 g/mol. The molecule has 0 aliphatic carbocycles. The van der Waals surface area contributed by atoms with Crippen LogP contribution in [0.1, 0.15) is 57.3 Å². The van der Waals surface area contributed by atoms with Crippen LogP contribution in [-0.4, -0.2) is 29.8 Å². The van der Waals surface area contributed by atoms with Gasteiger partial charge in [-0.1, -0.05) is 20.8 Å². The maximum absolute atomic E-state index is 6.51. The highest BCUT2D eigenvalue weighted by molar-refractivity contribution is 5.65. The number of aromatic nitrogens is 1. The van der Waals surface area contributed by atoms with Crippen LogP contribution in [0.4, 0.5) is 11.4 Å². The third-order valence-electron chi connectivity index (χ3n) is 5.22. The summed E-state index contributed by atoms with van der Waals surface area (Å²) in [5, 5.41) is 1.76. The summed E-state index contributed by atoms with van der Waals surface area (Å²) >= 11 is 0. The molecular formula is C16H29N5O. The number of nitrogen functional groups attached to an aromatic ring is 2. The van der Waals surface area contributed by atoms with Crippen LogP contribution in [0.3, 0.4) is 0 Å². The van der Waals surface area contributed by atoms with Crippen LogP contribution in [0, 0.1) is 0 Å². The Hall–Kier alpha value is -1.37. The first-order valence-electron chi connectivity index (χ1n) is 8.14.